The molecule has 1 aliphatic rings. The topological polar surface area (TPSA) is 3.24 Å². The number of aryl methyl sites for hydroxylation is 1. The van der Waals surface area contributed by atoms with E-state index in [1.165, 1.54) is 16.9 Å². The molecule has 0 aromatic heterocycles. The van der Waals surface area contributed by atoms with Crippen LogP contribution < -0.4 is 4.90 Å². The minimum absolute atomic E-state index is 0.614. The molecular weight excluding hydrogens is 206 g/mol. The van der Waals surface area contributed by atoms with E-state index in [9.17, 15) is 0 Å². The Morgan fingerprint density at radius 2 is 1.65 bits per heavy atom. The van der Waals surface area contributed by atoms with Crippen molar-refractivity contribution < 1.29 is 0 Å². The van der Waals surface area contributed by atoms with Crippen molar-refractivity contribution in [2.45, 2.75) is 20.8 Å². The Morgan fingerprint density at radius 3 is 2.24 bits per heavy atom. The van der Waals surface area contributed by atoms with Gasteiger partial charge in [-0.2, -0.15) is 0 Å². The molecule has 2 rings (SSSR count). The van der Waals surface area contributed by atoms with E-state index in [2.05, 4.69) is 75.2 Å². The lowest BCUT2D eigenvalue weighted by atomic mass is 9.90. The normalized spacial score (nSPS) is 23.4. The van der Waals surface area contributed by atoms with Crippen molar-refractivity contribution in [2.75, 3.05) is 11.9 Å². The monoisotopic (exact) mass is 227 g/mol. The summed E-state index contributed by atoms with van der Waals surface area (Å²) in [6.45, 7) is 6.66. The van der Waals surface area contributed by atoms with E-state index in [4.69, 9.17) is 0 Å². The molecule has 1 heteroatoms. The third kappa shape index (κ3) is 2.60. The highest BCUT2D eigenvalue weighted by molar-refractivity contribution is 5.55. The van der Waals surface area contributed by atoms with Crippen LogP contribution in [0.3, 0.4) is 0 Å². The minimum Gasteiger partial charge on any atom is -0.345 e. The Hall–Kier alpha value is -1.50. The molecule has 90 valence electrons. The fourth-order valence-corrected chi connectivity index (χ4v) is 2.04. The number of benzene rings is 1. The lowest BCUT2D eigenvalue weighted by molar-refractivity contribution is 0.547. The van der Waals surface area contributed by atoms with Crippen LogP contribution in [0, 0.1) is 18.8 Å². The van der Waals surface area contributed by atoms with Crippen LogP contribution in [-0.2, 0) is 0 Å². The van der Waals surface area contributed by atoms with E-state index in [0.29, 0.717) is 11.8 Å². The molecule has 2 atom stereocenters. The summed E-state index contributed by atoms with van der Waals surface area (Å²) in [4.78, 5) is 2.25. The van der Waals surface area contributed by atoms with E-state index >= 15 is 0 Å². The van der Waals surface area contributed by atoms with Crippen LogP contribution in [0.2, 0.25) is 0 Å². The molecule has 0 saturated carbocycles. The Bertz CT molecular complexity index is 439. The highest BCUT2D eigenvalue weighted by Gasteiger charge is 2.14. The zero-order chi connectivity index (χ0) is 12.4. The molecule has 0 spiro atoms. The fourth-order valence-electron chi connectivity index (χ4n) is 2.04. The van der Waals surface area contributed by atoms with Gasteiger partial charge in [0.2, 0.25) is 0 Å². The molecule has 17 heavy (non-hydrogen) atoms. The highest BCUT2D eigenvalue weighted by Crippen LogP contribution is 2.26. The standard InChI is InChI=1S/C16H21N/c1-12-5-8-15(9-6-12)17(4)16-10-7-13(2)14(3)11-16/h5-11,13-14H,1-4H3. The van der Waals surface area contributed by atoms with E-state index in [1.807, 2.05) is 0 Å². The molecule has 0 N–H and O–H groups in total. The predicted octanol–water partition coefficient (Wildman–Crippen LogP) is 4.16. The number of allylic oxidation sites excluding steroid dienone is 3. The second kappa shape index (κ2) is 4.79. The van der Waals surface area contributed by atoms with Crippen LogP contribution in [0.5, 0.6) is 0 Å². The second-order valence-corrected chi connectivity index (χ2v) is 5.06. The van der Waals surface area contributed by atoms with Gasteiger partial charge in [-0.25, -0.2) is 0 Å². The van der Waals surface area contributed by atoms with Crippen LogP contribution >= 0.6 is 0 Å². The summed E-state index contributed by atoms with van der Waals surface area (Å²) in [5.41, 5.74) is 3.84. The maximum Gasteiger partial charge on any atom is 0.0408 e. The van der Waals surface area contributed by atoms with Crippen molar-refractivity contribution in [3.05, 3.63) is 53.8 Å². The summed E-state index contributed by atoms with van der Waals surface area (Å²) in [6.07, 6.45) is 6.87. The predicted molar refractivity (Wildman–Crippen MR) is 75.1 cm³/mol. The lowest BCUT2D eigenvalue weighted by Crippen LogP contribution is -2.19. The molecular formula is C16H21N. The van der Waals surface area contributed by atoms with Crippen molar-refractivity contribution in [3.8, 4) is 0 Å². The maximum atomic E-state index is 2.35. The van der Waals surface area contributed by atoms with Crippen molar-refractivity contribution in [2.24, 2.45) is 11.8 Å². The van der Waals surface area contributed by atoms with Gasteiger partial charge in [-0.3, -0.25) is 0 Å². The largest absolute Gasteiger partial charge is 0.345 e. The minimum atomic E-state index is 0.614. The van der Waals surface area contributed by atoms with Crippen LogP contribution in [-0.4, -0.2) is 7.05 Å². The molecule has 1 aromatic rings. The molecule has 0 amide bonds. The first-order valence-corrected chi connectivity index (χ1v) is 6.28. The Labute approximate surface area is 104 Å². The highest BCUT2D eigenvalue weighted by atomic mass is 15.1. The van der Waals surface area contributed by atoms with Gasteiger partial charge in [-0.1, -0.05) is 43.7 Å². The smallest absolute Gasteiger partial charge is 0.0408 e. The van der Waals surface area contributed by atoms with E-state index in [0.717, 1.165) is 0 Å². The molecule has 0 heterocycles. The summed E-state index contributed by atoms with van der Waals surface area (Å²) in [7, 11) is 2.13. The van der Waals surface area contributed by atoms with Gasteiger partial charge < -0.3 is 4.90 Å². The van der Waals surface area contributed by atoms with Gasteiger partial charge in [-0.15, -0.1) is 0 Å². The molecule has 0 aliphatic heterocycles. The number of hydrogen-bond acceptors (Lipinski definition) is 1. The SMILES string of the molecule is Cc1ccc(N(C)C2=CC(C)C(C)C=C2)cc1. The third-order valence-electron chi connectivity index (χ3n) is 3.64. The average Bonchev–Trinajstić information content (AvgIpc) is 2.33. The van der Waals surface area contributed by atoms with Gasteiger partial charge in [0.15, 0.2) is 0 Å². The maximum absolute atomic E-state index is 2.35. The zero-order valence-corrected chi connectivity index (χ0v) is 11.1. The van der Waals surface area contributed by atoms with Gasteiger partial charge in [0, 0.05) is 18.4 Å². The number of anilines is 1. The molecule has 1 nitrogen and oxygen atoms in total. The van der Waals surface area contributed by atoms with E-state index in [1.54, 1.807) is 0 Å². The lowest BCUT2D eigenvalue weighted by Gasteiger charge is -2.26. The van der Waals surface area contributed by atoms with Crippen molar-refractivity contribution >= 4 is 5.69 Å². The van der Waals surface area contributed by atoms with Crippen LogP contribution in [0.25, 0.3) is 0 Å². The first kappa shape index (κ1) is 12.0. The molecule has 2 unspecified atom stereocenters. The quantitative estimate of drug-likeness (QED) is 0.733. The average molecular weight is 227 g/mol. The molecule has 0 fully saturated rings. The summed E-state index contributed by atoms with van der Waals surface area (Å²) < 4.78 is 0. The van der Waals surface area contributed by atoms with Gasteiger partial charge in [0.25, 0.3) is 0 Å². The third-order valence-corrected chi connectivity index (χ3v) is 3.64. The fraction of sp³-hybridized carbons (Fsp3) is 0.375. The molecule has 1 aliphatic carbocycles. The van der Waals surface area contributed by atoms with E-state index in [-0.39, 0.29) is 0 Å². The summed E-state index contributed by atoms with van der Waals surface area (Å²) in [5.74, 6) is 1.26. The van der Waals surface area contributed by atoms with Crippen molar-refractivity contribution in [1.29, 1.82) is 0 Å². The summed E-state index contributed by atoms with van der Waals surface area (Å²) in [5, 5.41) is 0. The first-order chi connectivity index (χ1) is 8.08. The van der Waals surface area contributed by atoms with Crippen LogP contribution in [0.4, 0.5) is 5.69 Å². The van der Waals surface area contributed by atoms with Crippen LogP contribution in [0.15, 0.2) is 48.2 Å². The van der Waals surface area contributed by atoms with Crippen LogP contribution in [0.1, 0.15) is 19.4 Å². The van der Waals surface area contributed by atoms with Crippen molar-refractivity contribution in [3.63, 3.8) is 0 Å². The summed E-state index contributed by atoms with van der Waals surface area (Å²) in [6, 6.07) is 8.66. The van der Waals surface area contributed by atoms with Gasteiger partial charge in [0.05, 0.1) is 0 Å². The Kier molecular flexibility index (Phi) is 3.37. The number of hydrogen-bond donors (Lipinski definition) is 0. The van der Waals surface area contributed by atoms with Gasteiger partial charge >= 0.3 is 0 Å². The zero-order valence-electron chi connectivity index (χ0n) is 11.1. The van der Waals surface area contributed by atoms with E-state index < -0.39 is 0 Å². The molecule has 0 saturated heterocycles. The van der Waals surface area contributed by atoms with Gasteiger partial charge in [-0.05, 0) is 37.0 Å². The molecule has 0 bridgehead atoms. The van der Waals surface area contributed by atoms with Gasteiger partial charge in [0.1, 0.15) is 0 Å². The van der Waals surface area contributed by atoms with Crippen molar-refractivity contribution in [1.82, 2.24) is 0 Å². The Balaban J connectivity index is 2.21. The molecule has 1 aromatic carbocycles. The number of rotatable bonds is 2. The second-order valence-electron chi connectivity index (χ2n) is 5.06. The number of nitrogens with zero attached hydrogens (tertiary/aromatic N) is 1. The summed E-state index contributed by atoms with van der Waals surface area (Å²) >= 11 is 0. The Morgan fingerprint density at radius 1 is 1.00 bits per heavy atom. The first-order valence-electron chi connectivity index (χ1n) is 6.28. The molecule has 0 radical (unpaired) electrons. The number of likely N-dealkylation sites (N-methyl/N-ethyl adjacent to an activating group) is 1.